The molecule has 0 saturated carbocycles. The lowest BCUT2D eigenvalue weighted by atomic mass is 9.45. The summed E-state index contributed by atoms with van der Waals surface area (Å²) in [6, 6.07) is 16.5. The SMILES string of the molecule is O=C1C2OCC(O2)[C@H]2C3c4ccccc4C(CO)(c4ccccc43)[C@@H]12. The molecular formula is C21H18O4. The zero-order valence-corrected chi connectivity index (χ0v) is 13.6. The van der Waals surface area contributed by atoms with Gasteiger partial charge in [-0.05, 0) is 22.3 Å². The number of Topliss-reactive ketones (excluding diaryl/α,β-unsaturated/α-hetero) is 1. The monoisotopic (exact) mass is 334 g/mol. The number of carbonyl (C=O) groups is 1. The van der Waals surface area contributed by atoms with Crippen LogP contribution in [0.25, 0.3) is 0 Å². The molecule has 25 heavy (non-hydrogen) atoms. The standard InChI is InChI=1S/C21H18O4/c22-10-21-13-7-3-1-5-11(13)16(12-6-2-4-8-14(12)21)17-15-9-24-20(25-15)19(23)18(17)21/h1-8,15-18,20,22H,9-10H2/t15?,16?,17-,18+,20?,21?/m0/s1. The highest BCUT2D eigenvalue weighted by atomic mass is 16.7. The fourth-order valence-electron chi connectivity index (χ4n) is 5.98. The average Bonchev–Trinajstić information content (AvgIpc) is 3.11. The summed E-state index contributed by atoms with van der Waals surface area (Å²) >= 11 is 0. The predicted molar refractivity (Wildman–Crippen MR) is 89.2 cm³/mol. The number of hydrogen-bond acceptors (Lipinski definition) is 4. The van der Waals surface area contributed by atoms with E-state index in [0.717, 1.165) is 11.1 Å². The Morgan fingerprint density at radius 3 is 2.32 bits per heavy atom. The van der Waals surface area contributed by atoms with Crippen LogP contribution in [0.2, 0.25) is 0 Å². The minimum atomic E-state index is -0.770. The van der Waals surface area contributed by atoms with Gasteiger partial charge in [-0.15, -0.1) is 0 Å². The van der Waals surface area contributed by atoms with Crippen molar-refractivity contribution in [1.82, 2.24) is 0 Å². The molecule has 4 bridgehead atoms. The summed E-state index contributed by atoms with van der Waals surface area (Å²) in [7, 11) is 0. The van der Waals surface area contributed by atoms with Crippen molar-refractivity contribution in [2.45, 2.75) is 23.7 Å². The molecule has 2 unspecified atom stereocenters. The van der Waals surface area contributed by atoms with Crippen molar-refractivity contribution in [1.29, 1.82) is 0 Å². The van der Waals surface area contributed by atoms with Gasteiger partial charge in [0.2, 0.25) is 6.29 Å². The molecule has 5 aliphatic rings. The first-order valence-electron chi connectivity index (χ1n) is 8.88. The van der Waals surface area contributed by atoms with E-state index in [0.29, 0.717) is 6.61 Å². The second kappa shape index (κ2) is 4.58. The Balaban J connectivity index is 1.74. The van der Waals surface area contributed by atoms with Gasteiger partial charge in [-0.2, -0.15) is 0 Å². The van der Waals surface area contributed by atoms with Gasteiger partial charge in [0.25, 0.3) is 0 Å². The van der Waals surface area contributed by atoms with Gasteiger partial charge in [0.05, 0.1) is 24.7 Å². The lowest BCUT2D eigenvalue weighted by Gasteiger charge is -2.58. The van der Waals surface area contributed by atoms with Crippen LogP contribution in [-0.2, 0) is 19.7 Å². The third-order valence-electron chi connectivity index (χ3n) is 6.78. The van der Waals surface area contributed by atoms with E-state index in [4.69, 9.17) is 9.47 Å². The number of aliphatic hydroxyl groups is 1. The smallest absolute Gasteiger partial charge is 0.218 e. The number of aliphatic hydroxyl groups excluding tert-OH is 1. The number of rotatable bonds is 1. The van der Waals surface area contributed by atoms with E-state index in [9.17, 15) is 9.90 Å². The molecule has 2 aromatic carbocycles. The number of ketones is 1. The summed E-state index contributed by atoms with van der Waals surface area (Å²) in [5.74, 6) is -0.175. The molecule has 2 aliphatic heterocycles. The molecule has 0 aromatic heterocycles. The first-order chi connectivity index (χ1) is 12.3. The van der Waals surface area contributed by atoms with Gasteiger partial charge in [-0.3, -0.25) is 4.79 Å². The van der Waals surface area contributed by atoms with Gasteiger partial charge < -0.3 is 14.6 Å². The molecule has 2 heterocycles. The van der Waals surface area contributed by atoms with Crippen LogP contribution in [0.1, 0.15) is 28.2 Å². The molecule has 2 saturated heterocycles. The number of benzene rings is 2. The van der Waals surface area contributed by atoms with E-state index in [1.54, 1.807) is 0 Å². The fraction of sp³-hybridized carbons (Fsp3) is 0.381. The highest BCUT2D eigenvalue weighted by Crippen LogP contribution is 2.64. The van der Waals surface area contributed by atoms with E-state index < -0.39 is 11.7 Å². The van der Waals surface area contributed by atoms with Crippen LogP contribution in [-0.4, -0.2) is 36.5 Å². The quantitative estimate of drug-likeness (QED) is 0.866. The Labute approximate surface area is 145 Å². The maximum atomic E-state index is 13.2. The summed E-state index contributed by atoms with van der Waals surface area (Å²) < 4.78 is 11.5. The predicted octanol–water partition coefficient (Wildman–Crippen LogP) is 1.98. The molecule has 4 heteroatoms. The summed E-state index contributed by atoms with van der Waals surface area (Å²) in [5, 5.41) is 10.7. The van der Waals surface area contributed by atoms with Gasteiger partial charge in [-0.25, -0.2) is 0 Å². The second-order valence-corrected chi connectivity index (χ2v) is 7.58. The van der Waals surface area contributed by atoms with Crippen molar-refractivity contribution >= 4 is 5.78 Å². The first kappa shape index (κ1) is 14.2. The van der Waals surface area contributed by atoms with Crippen molar-refractivity contribution in [3.63, 3.8) is 0 Å². The Hall–Kier alpha value is -2.01. The molecule has 4 nitrogen and oxygen atoms in total. The van der Waals surface area contributed by atoms with Crippen molar-refractivity contribution in [3.05, 3.63) is 70.8 Å². The molecular weight excluding hydrogens is 316 g/mol. The van der Waals surface area contributed by atoms with Crippen molar-refractivity contribution in [2.24, 2.45) is 11.8 Å². The van der Waals surface area contributed by atoms with Crippen molar-refractivity contribution in [2.75, 3.05) is 13.2 Å². The van der Waals surface area contributed by atoms with Crippen LogP contribution >= 0.6 is 0 Å². The van der Waals surface area contributed by atoms with Crippen LogP contribution in [0.4, 0.5) is 0 Å². The summed E-state index contributed by atoms with van der Waals surface area (Å²) in [5.41, 5.74) is 3.93. The molecule has 7 rings (SSSR count). The molecule has 126 valence electrons. The first-order valence-corrected chi connectivity index (χ1v) is 8.88. The molecule has 3 aliphatic carbocycles. The van der Waals surface area contributed by atoms with E-state index in [1.165, 1.54) is 11.1 Å². The van der Waals surface area contributed by atoms with Gasteiger partial charge >= 0.3 is 0 Å². The number of ether oxygens (including phenoxy) is 2. The van der Waals surface area contributed by atoms with E-state index in [1.807, 2.05) is 24.3 Å². The van der Waals surface area contributed by atoms with E-state index in [-0.39, 0.29) is 36.2 Å². The molecule has 1 N–H and O–H groups in total. The molecule has 0 spiro atoms. The summed E-state index contributed by atoms with van der Waals surface area (Å²) in [6.45, 7) is 0.375. The van der Waals surface area contributed by atoms with Gasteiger partial charge in [0, 0.05) is 17.8 Å². The second-order valence-electron chi connectivity index (χ2n) is 7.58. The van der Waals surface area contributed by atoms with Crippen LogP contribution in [0.3, 0.4) is 0 Å². The Morgan fingerprint density at radius 2 is 1.68 bits per heavy atom. The maximum absolute atomic E-state index is 13.2. The van der Waals surface area contributed by atoms with Gasteiger partial charge in [0.15, 0.2) is 5.78 Å². The van der Waals surface area contributed by atoms with Gasteiger partial charge in [-0.1, -0.05) is 48.5 Å². The number of fused-ring (bicyclic) bond motifs is 2. The largest absolute Gasteiger partial charge is 0.395 e. The van der Waals surface area contributed by atoms with Crippen molar-refractivity contribution < 1.29 is 19.4 Å². The van der Waals surface area contributed by atoms with E-state index >= 15 is 0 Å². The normalized spacial score (nSPS) is 39.7. The Kier molecular flexibility index (Phi) is 2.60. The lowest BCUT2D eigenvalue weighted by molar-refractivity contribution is -0.174. The van der Waals surface area contributed by atoms with Gasteiger partial charge in [0.1, 0.15) is 0 Å². The third kappa shape index (κ3) is 1.44. The lowest BCUT2D eigenvalue weighted by Crippen LogP contribution is -2.63. The third-order valence-corrected chi connectivity index (χ3v) is 6.78. The number of carbonyl (C=O) groups excluding carboxylic acids is 1. The Morgan fingerprint density at radius 1 is 1.04 bits per heavy atom. The Bertz CT molecular complexity index is 857. The molecule has 4 atom stereocenters. The summed E-state index contributed by atoms with van der Waals surface area (Å²) in [6.07, 6.45) is -0.862. The van der Waals surface area contributed by atoms with Crippen molar-refractivity contribution in [3.8, 4) is 0 Å². The minimum absolute atomic E-state index is 0.0122. The topological polar surface area (TPSA) is 55.8 Å². The van der Waals surface area contributed by atoms with Crippen LogP contribution in [0, 0.1) is 11.8 Å². The zero-order chi connectivity index (χ0) is 16.8. The molecule has 0 radical (unpaired) electrons. The molecule has 2 aromatic rings. The molecule has 0 amide bonds. The molecule has 2 fully saturated rings. The zero-order valence-electron chi connectivity index (χ0n) is 13.6. The summed E-state index contributed by atoms with van der Waals surface area (Å²) in [4.78, 5) is 13.2. The highest BCUT2D eigenvalue weighted by molar-refractivity contribution is 5.90. The average molecular weight is 334 g/mol. The maximum Gasteiger partial charge on any atom is 0.218 e. The highest BCUT2D eigenvalue weighted by Gasteiger charge is 2.67. The van der Waals surface area contributed by atoms with Crippen LogP contribution < -0.4 is 0 Å². The minimum Gasteiger partial charge on any atom is -0.395 e. The van der Waals surface area contributed by atoms with Crippen LogP contribution in [0.5, 0.6) is 0 Å². The number of hydrogen-bond donors (Lipinski definition) is 1. The fourth-order valence-corrected chi connectivity index (χ4v) is 5.98. The van der Waals surface area contributed by atoms with Crippen LogP contribution in [0.15, 0.2) is 48.5 Å². The van der Waals surface area contributed by atoms with E-state index in [2.05, 4.69) is 24.3 Å².